The van der Waals surface area contributed by atoms with E-state index in [-0.39, 0.29) is 17.9 Å². The molecule has 0 bridgehead atoms. The van der Waals surface area contributed by atoms with E-state index in [1.54, 1.807) is 0 Å². The molecule has 1 aliphatic rings. The number of nitrogens with two attached hydrogens (primary N) is 1. The summed E-state index contributed by atoms with van der Waals surface area (Å²) in [5.41, 5.74) is 8.52. The molecule has 0 aliphatic heterocycles. The maximum atomic E-state index is 12.7. The van der Waals surface area contributed by atoms with Gasteiger partial charge in [-0.2, -0.15) is 0 Å². The summed E-state index contributed by atoms with van der Waals surface area (Å²) in [6.07, 6.45) is 7.18. The minimum absolute atomic E-state index is 0.0396. The Balaban J connectivity index is 1.48. The first-order valence-corrected chi connectivity index (χ1v) is 10.1. The summed E-state index contributed by atoms with van der Waals surface area (Å²) in [4.78, 5) is 17.1. The third kappa shape index (κ3) is 3.49. The Morgan fingerprint density at radius 3 is 2.66 bits per heavy atom. The number of anilines is 1. The molecule has 146 valence electrons. The molecule has 0 spiro atoms. The highest BCUT2D eigenvalue weighted by Crippen LogP contribution is 2.34. The molecule has 2 heterocycles. The lowest BCUT2D eigenvalue weighted by molar-refractivity contribution is -0.120. The van der Waals surface area contributed by atoms with E-state index in [0.717, 1.165) is 64.4 Å². The Bertz CT molecular complexity index is 1160. The van der Waals surface area contributed by atoms with Gasteiger partial charge in [-0.25, -0.2) is 0 Å². The molecule has 0 unspecified atom stereocenters. The predicted molar refractivity (Wildman–Crippen MR) is 116 cm³/mol. The van der Waals surface area contributed by atoms with Gasteiger partial charge in [0.1, 0.15) is 11.3 Å². The van der Waals surface area contributed by atoms with E-state index in [0.29, 0.717) is 0 Å². The first-order valence-electron chi connectivity index (χ1n) is 10.1. The highest BCUT2D eigenvalue weighted by atomic mass is 16.3. The molecule has 2 aromatic carbocycles. The van der Waals surface area contributed by atoms with E-state index in [2.05, 4.69) is 10.3 Å². The van der Waals surface area contributed by atoms with Crippen molar-refractivity contribution < 1.29 is 9.21 Å². The van der Waals surface area contributed by atoms with Crippen LogP contribution in [0.3, 0.4) is 0 Å². The summed E-state index contributed by atoms with van der Waals surface area (Å²) >= 11 is 0. The van der Waals surface area contributed by atoms with Gasteiger partial charge in [0, 0.05) is 46.4 Å². The molecule has 1 fully saturated rings. The number of hydrogen-bond acceptors (Lipinski definition) is 4. The fourth-order valence-corrected chi connectivity index (χ4v) is 4.18. The van der Waals surface area contributed by atoms with Crippen LogP contribution in [-0.2, 0) is 4.79 Å². The van der Waals surface area contributed by atoms with Crippen LogP contribution >= 0.6 is 0 Å². The summed E-state index contributed by atoms with van der Waals surface area (Å²) < 4.78 is 6.05. The van der Waals surface area contributed by atoms with Gasteiger partial charge in [0.15, 0.2) is 0 Å². The number of furan rings is 1. The number of carbonyl (C=O) groups excluding carboxylic acids is 1. The SMILES string of the molecule is N[C@H]1CC[C@@H](C(=O)Nc2ccc3cncc(-c4cc5ccccc5o4)c3c2)CC1. The van der Waals surface area contributed by atoms with Crippen LogP contribution in [0.15, 0.2) is 65.3 Å². The summed E-state index contributed by atoms with van der Waals surface area (Å²) in [6, 6.07) is 16.1. The van der Waals surface area contributed by atoms with E-state index in [1.165, 1.54) is 0 Å². The van der Waals surface area contributed by atoms with Gasteiger partial charge < -0.3 is 15.5 Å². The van der Waals surface area contributed by atoms with E-state index < -0.39 is 0 Å². The maximum absolute atomic E-state index is 12.7. The molecular formula is C24H23N3O2. The predicted octanol–water partition coefficient (Wildman–Crippen LogP) is 5.10. The van der Waals surface area contributed by atoms with Crippen LogP contribution in [0.5, 0.6) is 0 Å². The van der Waals surface area contributed by atoms with Gasteiger partial charge in [-0.1, -0.05) is 24.3 Å². The number of carbonyl (C=O) groups is 1. The number of benzene rings is 2. The average Bonchev–Trinajstić information content (AvgIpc) is 3.18. The quantitative estimate of drug-likeness (QED) is 0.514. The number of fused-ring (bicyclic) bond motifs is 2. The van der Waals surface area contributed by atoms with Crippen molar-refractivity contribution in [1.29, 1.82) is 0 Å². The summed E-state index contributed by atoms with van der Waals surface area (Å²) in [5.74, 6) is 0.891. The largest absolute Gasteiger partial charge is 0.456 e. The van der Waals surface area contributed by atoms with Gasteiger partial charge in [-0.15, -0.1) is 0 Å². The number of para-hydroxylation sites is 1. The Hall–Kier alpha value is -3.18. The van der Waals surface area contributed by atoms with Gasteiger partial charge >= 0.3 is 0 Å². The Labute approximate surface area is 168 Å². The van der Waals surface area contributed by atoms with Crippen LogP contribution in [0.25, 0.3) is 33.1 Å². The topological polar surface area (TPSA) is 81.2 Å². The van der Waals surface area contributed by atoms with Gasteiger partial charge in [0.05, 0.1) is 0 Å². The Kier molecular flexibility index (Phi) is 4.52. The fraction of sp³-hybridized carbons (Fsp3) is 0.250. The number of rotatable bonds is 3. The van der Waals surface area contributed by atoms with Gasteiger partial charge in [0.25, 0.3) is 0 Å². The number of aromatic nitrogens is 1. The van der Waals surface area contributed by atoms with Crippen LogP contribution in [0.2, 0.25) is 0 Å². The molecular weight excluding hydrogens is 362 g/mol. The van der Waals surface area contributed by atoms with Crippen LogP contribution < -0.4 is 11.1 Å². The van der Waals surface area contributed by atoms with E-state index in [9.17, 15) is 4.79 Å². The van der Waals surface area contributed by atoms with Crippen LogP contribution in [0.4, 0.5) is 5.69 Å². The fourth-order valence-electron chi connectivity index (χ4n) is 4.18. The highest BCUT2D eigenvalue weighted by Gasteiger charge is 2.24. The van der Waals surface area contributed by atoms with Crippen molar-refractivity contribution in [3.63, 3.8) is 0 Å². The lowest BCUT2D eigenvalue weighted by Gasteiger charge is -2.25. The first-order chi connectivity index (χ1) is 14.2. The van der Waals surface area contributed by atoms with E-state index in [1.807, 2.05) is 60.9 Å². The molecule has 29 heavy (non-hydrogen) atoms. The van der Waals surface area contributed by atoms with Crippen LogP contribution in [0, 0.1) is 5.92 Å². The molecule has 0 saturated heterocycles. The lowest BCUT2D eigenvalue weighted by Crippen LogP contribution is -2.32. The smallest absolute Gasteiger partial charge is 0.227 e. The minimum atomic E-state index is 0.0396. The maximum Gasteiger partial charge on any atom is 0.227 e. The molecule has 0 atom stereocenters. The molecule has 4 aromatic rings. The zero-order chi connectivity index (χ0) is 19.8. The molecule has 5 rings (SSSR count). The standard InChI is InChI=1S/C24H23N3O2/c25-18-8-5-15(6-9-18)24(28)27-19-10-7-17-13-26-14-21(20(17)12-19)23-11-16-3-1-2-4-22(16)29-23/h1-4,7,10-15,18H,5-6,8-9,25H2,(H,27,28)/t15-,18+. The number of nitrogens with one attached hydrogen (secondary N) is 1. The minimum Gasteiger partial charge on any atom is -0.456 e. The highest BCUT2D eigenvalue weighted by molar-refractivity contribution is 6.01. The number of amides is 1. The normalized spacial score (nSPS) is 19.5. The zero-order valence-corrected chi connectivity index (χ0v) is 16.1. The van der Waals surface area contributed by atoms with Gasteiger partial charge in [0.2, 0.25) is 5.91 Å². The van der Waals surface area contributed by atoms with Crippen molar-refractivity contribution in [1.82, 2.24) is 4.98 Å². The van der Waals surface area contributed by atoms with Crippen molar-refractivity contribution in [2.24, 2.45) is 11.7 Å². The monoisotopic (exact) mass is 385 g/mol. The van der Waals surface area contributed by atoms with Crippen LogP contribution in [-0.4, -0.2) is 16.9 Å². The molecule has 5 heteroatoms. The molecule has 5 nitrogen and oxygen atoms in total. The molecule has 1 saturated carbocycles. The molecule has 3 N–H and O–H groups in total. The van der Waals surface area contributed by atoms with Crippen molar-refractivity contribution in [2.45, 2.75) is 31.7 Å². The van der Waals surface area contributed by atoms with Crippen molar-refractivity contribution in [3.05, 3.63) is 60.9 Å². The van der Waals surface area contributed by atoms with Gasteiger partial charge in [-0.3, -0.25) is 9.78 Å². The lowest BCUT2D eigenvalue weighted by atomic mass is 9.86. The van der Waals surface area contributed by atoms with Crippen molar-refractivity contribution in [3.8, 4) is 11.3 Å². The van der Waals surface area contributed by atoms with E-state index >= 15 is 0 Å². The molecule has 1 amide bonds. The third-order valence-electron chi connectivity index (χ3n) is 5.86. The zero-order valence-electron chi connectivity index (χ0n) is 16.1. The van der Waals surface area contributed by atoms with E-state index in [4.69, 9.17) is 10.2 Å². The second-order valence-electron chi connectivity index (χ2n) is 7.87. The third-order valence-corrected chi connectivity index (χ3v) is 5.86. The first kappa shape index (κ1) is 17.9. The molecule has 0 radical (unpaired) electrons. The van der Waals surface area contributed by atoms with Gasteiger partial charge in [-0.05, 0) is 55.3 Å². The summed E-state index contributed by atoms with van der Waals surface area (Å²) in [6.45, 7) is 0. The van der Waals surface area contributed by atoms with Crippen LogP contribution in [0.1, 0.15) is 25.7 Å². The van der Waals surface area contributed by atoms with Crippen molar-refractivity contribution >= 4 is 33.3 Å². The number of pyridine rings is 1. The average molecular weight is 385 g/mol. The second-order valence-corrected chi connectivity index (χ2v) is 7.87. The summed E-state index contributed by atoms with van der Waals surface area (Å²) in [5, 5.41) is 6.15. The molecule has 2 aromatic heterocycles. The number of nitrogens with zero attached hydrogens (tertiary/aromatic N) is 1. The molecule has 1 aliphatic carbocycles. The Morgan fingerprint density at radius 2 is 1.83 bits per heavy atom. The number of hydrogen-bond donors (Lipinski definition) is 2. The summed E-state index contributed by atoms with van der Waals surface area (Å²) in [7, 11) is 0. The van der Waals surface area contributed by atoms with Crippen molar-refractivity contribution in [2.75, 3.05) is 5.32 Å². The second kappa shape index (κ2) is 7.33. The Morgan fingerprint density at radius 1 is 1.00 bits per heavy atom.